The van der Waals surface area contributed by atoms with Gasteiger partial charge in [-0.15, -0.1) is 0 Å². The first kappa shape index (κ1) is 16.0. The second-order valence-corrected chi connectivity index (χ2v) is 5.29. The smallest absolute Gasteiger partial charge is 0.225 e. The molecule has 106 valence electrons. The Morgan fingerprint density at radius 1 is 1.21 bits per heavy atom. The first-order chi connectivity index (χ1) is 8.93. The maximum atomic E-state index is 11.9. The molecule has 0 bridgehead atoms. The summed E-state index contributed by atoms with van der Waals surface area (Å²) in [4.78, 5) is 11.9. The number of ether oxygens (including phenoxy) is 1. The third-order valence-corrected chi connectivity index (χ3v) is 4.42. The van der Waals surface area contributed by atoms with E-state index < -0.39 is 0 Å². The van der Waals surface area contributed by atoms with Crippen molar-refractivity contribution in [2.75, 3.05) is 26.0 Å². The number of hydrogen-bond donors (Lipinski definition) is 2. The third kappa shape index (κ3) is 3.48. The Morgan fingerprint density at radius 3 is 2.37 bits per heavy atom. The summed E-state index contributed by atoms with van der Waals surface area (Å²) in [5.74, 6) is 0.710. The number of methoxy groups -OCH3 is 1. The quantitative estimate of drug-likeness (QED) is 0.873. The van der Waals surface area contributed by atoms with E-state index in [-0.39, 0.29) is 5.91 Å². The van der Waals surface area contributed by atoms with E-state index in [1.54, 1.807) is 7.11 Å². The second kappa shape index (κ2) is 6.91. The van der Waals surface area contributed by atoms with E-state index in [9.17, 15) is 4.79 Å². The molecular formula is C14H21BrN2O2. The van der Waals surface area contributed by atoms with Crippen molar-refractivity contribution in [2.45, 2.75) is 27.2 Å². The predicted octanol–water partition coefficient (Wildman–Crippen LogP) is 2.93. The normalized spacial score (nSPS) is 10.4. The van der Waals surface area contributed by atoms with Gasteiger partial charge in [0.1, 0.15) is 5.75 Å². The fraction of sp³-hybridized carbons (Fsp3) is 0.500. The molecule has 0 spiro atoms. The van der Waals surface area contributed by atoms with E-state index in [4.69, 9.17) is 4.74 Å². The van der Waals surface area contributed by atoms with Crippen LogP contribution >= 0.6 is 15.9 Å². The molecular weight excluding hydrogens is 308 g/mol. The van der Waals surface area contributed by atoms with Crippen molar-refractivity contribution in [2.24, 2.45) is 0 Å². The molecule has 19 heavy (non-hydrogen) atoms. The van der Waals surface area contributed by atoms with Crippen molar-refractivity contribution in [3.05, 3.63) is 21.2 Å². The Bertz CT molecular complexity index is 487. The highest BCUT2D eigenvalue weighted by molar-refractivity contribution is 9.10. The van der Waals surface area contributed by atoms with Gasteiger partial charge < -0.3 is 15.4 Å². The van der Waals surface area contributed by atoms with Crippen LogP contribution in [0.15, 0.2) is 4.47 Å². The van der Waals surface area contributed by atoms with E-state index in [2.05, 4.69) is 26.6 Å². The Kier molecular flexibility index (Phi) is 5.82. The molecule has 0 saturated carbocycles. The summed E-state index contributed by atoms with van der Waals surface area (Å²) < 4.78 is 6.46. The third-order valence-electron chi connectivity index (χ3n) is 3.23. The summed E-state index contributed by atoms with van der Waals surface area (Å²) >= 11 is 3.57. The average Bonchev–Trinajstić information content (AvgIpc) is 2.40. The first-order valence-corrected chi connectivity index (χ1v) is 7.01. The Morgan fingerprint density at radius 2 is 1.84 bits per heavy atom. The molecule has 5 heteroatoms. The molecule has 0 radical (unpaired) electrons. The minimum atomic E-state index is -0.0223. The van der Waals surface area contributed by atoms with Crippen molar-refractivity contribution in [1.29, 1.82) is 0 Å². The van der Waals surface area contributed by atoms with Gasteiger partial charge in [0.25, 0.3) is 0 Å². The lowest BCUT2D eigenvalue weighted by molar-refractivity contribution is -0.116. The zero-order valence-electron chi connectivity index (χ0n) is 12.1. The van der Waals surface area contributed by atoms with Gasteiger partial charge in [-0.2, -0.15) is 0 Å². The number of nitrogens with one attached hydrogen (secondary N) is 2. The lowest BCUT2D eigenvalue weighted by Crippen LogP contribution is -2.20. The summed E-state index contributed by atoms with van der Waals surface area (Å²) in [6.45, 7) is 6.63. The number of anilines is 1. The average molecular weight is 329 g/mol. The molecule has 0 aromatic heterocycles. The molecule has 4 nitrogen and oxygen atoms in total. The SMILES string of the molecule is CNCCC(=O)Nc1c(C)c(Br)c(C)c(C)c1OC. The van der Waals surface area contributed by atoms with Gasteiger partial charge in [0.2, 0.25) is 5.91 Å². The predicted molar refractivity (Wildman–Crippen MR) is 82.1 cm³/mol. The van der Waals surface area contributed by atoms with Crippen molar-refractivity contribution in [3.8, 4) is 5.75 Å². The van der Waals surface area contributed by atoms with Gasteiger partial charge in [0.15, 0.2) is 0 Å². The van der Waals surface area contributed by atoms with Crippen LogP contribution in [0.2, 0.25) is 0 Å². The van der Waals surface area contributed by atoms with Crippen LogP contribution in [-0.2, 0) is 4.79 Å². The monoisotopic (exact) mass is 328 g/mol. The fourth-order valence-corrected chi connectivity index (χ4v) is 2.43. The zero-order chi connectivity index (χ0) is 14.6. The summed E-state index contributed by atoms with van der Waals surface area (Å²) in [6, 6.07) is 0. The van der Waals surface area contributed by atoms with Crippen molar-refractivity contribution in [3.63, 3.8) is 0 Å². The number of hydrogen-bond acceptors (Lipinski definition) is 3. The fourth-order valence-electron chi connectivity index (χ4n) is 1.93. The minimum absolute atomic E-state index is 0.0223. The lowest BCUT2D eigenvalue weighted by Gasteiger charge is -2.19. The van der Waals surface area contributed by atoms with Crippen LogP contribution in [-0.4, -0.2) is 26.6 Å². The van der Waals surface area contributed by atoms with Crippen molar-refractivity contribution >= 4 is 27.5 Å². The number of carbonyl (C=O) groups is 1. The molecule has 1 rings (SSSR count). The number of benzene rings is 1. The lowest BCUT2D eigenvalue weighted by atomic mass is 10.0. The molecule has 0 aliphatic carbocycles. The molecule has 0 aliphatic rings. The standard InChI is InChI=1S/C14H21BrN2O2/c1-8-9(2)14(19-5)13(10(3)12(8)15)17-11(18)6-7-16-4/h16H,6-7H2,1-5H3,(H,17,18). The zero-order valence-corrected chi connectivity index (χ0v) is 13.7. The van der Waals surface area contributed by atoms with Gasteiger partial charge in [-0.25, -0.2) is 0 Å². The molecule has 0 heterocycles. The van der Waals surface area contributed by atoms with Crippen LogP contribution < -0.4 is 15.4 Å². The summed E-state index contributed by atoms with van der Waals surface area (Å²) in [5, 5.41) is 5.90. The number of carbonyl (C=O) groups excluding carboxylic acids is 1. The number of rotatable bonds is 5. The second-order valence-electron chi connectivity index (χ2n) is 4.50. The molecule has 1 aromatic carbocycles. The molecule has 0 saturated heterocycles. The molecule has 2 N–H and O–H groups in total. The van der Waals surface area contributed by atoms with E-state index in [1.807, 2.05) is 27.8 Å². The van der Waals surface area contributed by atoms with Gasteiger partial charge in [0.05, 0.1) is 12.8 Å². The largest absolute Gasteiger partial charge is 0.494 e. The Labute approximate surface area is 123 Å². The van der Waals surface area contributed by atoms with E-state index >= 15 is 0 Å². The molecule has 1 amide bonds. The first-order valence-electron chi connectivity index (χ1n) is 6.21. The minimum Gasteiger partial charge on any atom is -0.494 e. The van der Waals surface area contributed by atoms with Gasteiger partial charge >= 0.3 is 0 Å². The van der Waals surface area contributed by atoms with Gasteiger partial charge in [0, 0.05) is 17.4 Å². The maximum absolute atomic E-state index is 11.9. The number of halogens is 1. The van der Waals surface area contributed by atoms with E-state index in [0.29, 0.717) is 13.0 Å². The van der Waals surface area contributed by atoms with E-state index in [0.717, 1.165) is 32.6 Å². The van der Waals surface area contributed by atoms with Gasteiger partial charge in [-0.05, 0) is 44.5 Å². The molecule has 1 aromatic rings. The van der Waals surface area contributed by atoms with Gasteiger partial charge in [-0.1, -0.05) is 15.9 Å². The van der Waals surface area contributed by atoms with Crippen molar-refractivity contribution in [1.82, 2.24) is 5.32 Å². The highest BCUT2D eigenvalue weighted by Gasteiger charge is 2.18. The summed E-state index contributed by atoms with van der Waals surface area (Å²) in [7, 11) is 3.45. The highest BCUT2D eigenvalue weighted by Crippen LogP contribution is 2.39. The Balaban J connectivity index is 3.16. The Hall–Kier alpha value is -1.07. The van der Waals surface area contributed by atoms with Crippen LogP contribution in [0.5, 0.6) is 5.75 Å². The van der Waals surface area contributed by atoms with E-state index in [1.165, 1.54) is 0 Å². The van der Waals surface area contributed by atoms with Gasteiger partial charge in [-0.3, -0.25) is 4.79 Å². The topological polar surface area (TPSA) is 50.4 Å². The summed E-state index contributed by atoms with van der Waals surface area (Å²) in [6.07, 6.45) is 0.434. The number of amides is 1. The highest BCUT2D eigenvalue weighted by atomic mass is 79.9. The van der Waals surface area contributed by atoms with Crippen molar-refractivity contribution < 1.29 is 9.53 Å². The molecule has 0 atom stereocenters. The molecule has 0 unspecified atom stereocenters. The summed E-state index contributed by atoms with van der Waals surface area (Å²) in [5.41, 5.74) is 3.89. The molecule has 0 aliphatic heterocycles. The molecule has 0 fully saturated rings. The maximum Gasteiger partial charge on any atom is 0.225 e. The van der Waals surface area contributed by atoms with Crippen LogP contribution in [0.4, 0.5) is 5.69 Å². The van der Waals surface area contributed by atoms with Crippen LogP contribution in [0.3, 0.4) is 0 Å². The van der Waals surface area contributed by atoms with Crippen LogP contribution in [0.25, 0.3) is 0 Å². The van der Waals surface area contributed by atoms with Crippen LogP contribution in [0.1, 0.15) is 23.1 Å². The van der Waals surface area contributed by atoms with Crippen LogP contribution in [0, 0.1) is 20.8 Å².